The van der Waals surface area contributed by atoms with Crippen molar-refractivity contribution in [3.8, 4) is 22.6 Å². The summed E-state index contributed by atoms with van der Waals surface area (Å²) >= 11 is 0. The largest absolute Gasteiger partial charge is 0.496 e. The first-order valence-corrected chi connectivity index (χ1v) is 11.9. The molecule has 0 heterocycles. The molecule has 0 fully saturated rings. The molecule has 35 heavy (non-hydrogen) atoms. The smallest absolute Gasteiger partial charge is 0.333 e. The van der Waals surface area contributed by atoms with Crippen molar-refractivity contribution in [3.63, 3.8) is 0 Å². The second-order valence-electron chi connectivity index (χ2n) is 8.58. The van der Waals surface area contributed by atoms with Gasteiger partial charge in [0.1, 0.15) is 18.1 Å². The first-order valence-electron chi connectivity index (χ1n) is 11.9. The molecule has 0 aliphatic carbocycles. The maximum absolute atomic E-state index is 11.2. The maximum atomic E-state index is 11.2. The molecule has 0 saturated heterocycles. The third-order valence-corrected chi connectivity index (χ3v) is 5.76. The van der Waals surface area contributed by atoms with Crippen LogP contribution in [0.1, 0.15) is 43.4 Å². The van der Waals surface area contributed by atoms with Crippen molar-refractivity contribution in [2.45, 2.75) is 39.2 Å². The molecule has 0 spiro atoms. The molecule has 0 aromatic heterocycles. The SMILES string of the molecule is CCOC(Cc1ccc(OCC=Cc2ccc(-c3cc(C(C)C)ccc3OC)cc2)cc1)C(=O)O. The van der Waals surface area contributed by atoms with Crippen molar-refractivity contribution >= 4 is 12.0 Å². The first-order chi connectivity index (χ1) is 16.9. The van der Waals surface area contributed by atoms with Gasteiger partial charge in [0.05, 0.1) is 7.11 Å². The molecule has 3 rings (SSSR count). The van der Waals surface area contributed by atoms with Gasteiger partial charge in [-0.1, -0.05) is 62.4 Å². The van der Waals surface area contributed by atoms with E-state index in [-0.39, 0.29) is 0 Å². The molecule has 0 aliphatic rings. The van der Waals surface area contributed by atoms with Gasteiger partial charge in [-0.3, -0.25) is 0 Å². The minimum Gasteiger partial charge on any atom is -0.496 e. The van der Waals surface area contributed by atoms with Gasteiger partial charge in [0.2, 0.25) is 0 Å². The van der Waals surface area contributed by atoms with E-state index in [2.05, 4.69) is 50.2 Å². The molecule has 1 N–H and O–H groups in total. The summed E-state index contributed by atoms with van der Waals surface area (Å²) in [5, 5.41) is 9.22. The standard InChI is InChI=1S/C30H34O5/c1-5-34-29(30(31)32)19-23-10-15-26(16-11-23)35-18-6-7-22-8-12-24(13-9-22)27-20-25(21(2)3)14-17-28(27)33-4/h6-17,20-21,29H,5,18-19H2,1-4H3,(H,31,32). The molecule has 1 unspecified atom stereocenters. The summed E-state index contributed by atoms with van der Waals surface area (Å²) in [5.41, 5.74) is 5.47. The van der Waals surface area contributed by atoms with E-state index in [1.54, 1.807) is 14.0 Å². The second kappa shape index (κ2) is 12.8. The van der Waals surface area contributed by atoms with Gasteiger partial charge < -0.3 is 19.3 Å². The molecule has 0 aliphatic heterocycles. The zero-order chi connectivity index (χ0) is 25.2. The monoisotopic (exact) mass is 474 g/mol. The summed E-state index contributed by atoms with van der Waals surface area (Å²) in [6.07, 6.45) is 3.49. The Morgan fingerprint density at radius 3 is 2.31 bits per heavy atom. The van der Waals surface area contributed by atoms with Crippen molar-refractivity contribution < 1.29 is 24.1 Å². The van der Waals surface area contributed by atoms with Crippen molar-refractivity contribution in [2.24, 2.45) is 0 Å². The number of benzene rings is 3. The summed E-state index contributed by atoms with van der Waals surface area (Å²) in [6.45, 7) is 6.97. The van der Waals surface area contributed by atoms with E-state index in [0.29, 0.717) is 25.6 Å². The minimum absolute atomic E-state index is 0.326. The summed E-state index contributed by atoms with van der Waals surface area (Å²) in [6, 6.07) is 22.2. The van der Waals surface area contributed by atoms with Gasteiger partial charge >= 0.3 is 5.97 Å². The Kier molecular flexibility index (Phi) is 9.50. The van der Waals surface area contributed by atoms with Crippen LogP contribution in [0.15, 0.2) is 72.8 Å². The van der Waals surface area contributed by atoms with Gasteiger partial charge in [-0.05, 0) is 65.4 Å². The van der Waals surface area contributed by atoms with Gasteiger partial charge in [0.25, 0.3) is 0 Å². The van der Waals surface area contributed by atoms with Crippen LogP contribution < -0.4 is 9.47 Å². The van der Waals surface area contributed by atoms with Crippen LogP contribution in [0.25, 0.3) is 17.2 Å². The van der Waals surface area contributed by atoms with Gasteiger partial charge in [-0.25, -0.2) is 4.79 Å². The molecule has 1 atom stereocenters. The van der Waals surface area contributed by atoms with Crippen LogP contribution in [0, 0.1) is 0 Å². The maximum Gasteiger partial charge on any atom is 0.333 e. The van der Waals surface area contributed by atoms with Crippen LogP contribution in [0.3, 0.4) is 0 Å². The highest BCUT2D eigenvalue weighted by atomic mass is 16.5. The summed E-state index contributed by atoms with van der Waals surface area (Å²) in [7, 11) is 1.70. The molecule has 0 bridgehead atoms. The molecule has 5 heteroatoms. The molecule has 3 aromatic carbocycles. The Morgan fingerprint density at radius 1 is 1.00 bits per heavy atom. The van der Waals surface area contributed by atoms with Crippen LogP contribution in [-0.2, 0) is 16.0 Å². The van der Waals surface area contributed by atoms with E-state index >= 15 is 0 Å². The quantitative estimate of drug-likeness (QED) is 0.320. The molecule has 3 aromatic rings. The number of carboxylic acids is 1. The Morgan fingerprint density at radius 2 is 1.71 bits per heavy atom. The zero-order valence-corrected chi connectivity index (χ0v) is 20.9. The zero-order valence-electron chi connectivity index (χ0n) is 20.9. The van der Waals surface area contributed by atoms with Crippen LogP contribution in [0.5, 0.6) is 11.5 Å². The van der Waals surface area contributed by atoms with E-state index in [0.717, 1.165) is 33.8 Å². The highest BCUT2D eigenvalue weighted by Gasteiger charge is 2.17. The van der Waals surface area contributed by atoms with Crippen LogP contribution in [-0.4, -0.2) is 37.5 Å². The number of ether oxygens (including phenoxy) is 3. The second-order valence-corrected chi connectivity index (χ2v) is 8.58. The number of hydrogen-bond acceptors (Lipinski definition) is 4. The Hall–Kier alpha value is -3.57. The fraction of sp³-hybridized carbons (Fsp3) is 0.300. The van der Waals surface area contributed by atoms with Gasteiger partial charge in [0, 0.05) is 18.6 Å². The summed E-state index contributed by atoms with van der Waals surface area (Å²) in [5.74, 6) is 1.10. The lowest BCUT2D eigenvalue weighted by Crippen LogP contribution is -2.26. The molecule has 0 amide bonds. The predicted molar refractivity (Wildman–Crippen MR) is 140 cm³/mol. The number of carboxylic acid groups (broad SMARTS) is 1. The first kappa shape index (κ1) is 26.0. The van der Waals surface area contributed by atoms with E-state index in [4.69, 9.17) is 14.2 Å². The normalized spacial score (nSPS) is 12.1. The van der Waals surface area contributed by atoms with Gasteiger partial charge in [0.15, 0.2) is 6.10 Å². The Labute approximate surface area is 208 Å². The van der Waals surface area contributed by atoms with Crippen molar-refractivity contribution in [1.82, 2.24) is 0 Å². The van der Waals surface area contributed by atoms with Crippen molar-refractivity contribution in [2.75, 3.05) is 20.3 Å². The lowest BCUT2D eigenvalue weighted by atomic mass is 9.96. The topological polar surface area (TPSA) is 65.0 Å². The summed E-state index contributed by atoms with van der Waals surface area (Å²) in [4.78, 5) is 11.2. The summed E-state index contributed by atoms with van der Waals surface area (Å²) < 4.78 is 16.6. The Balaban J connectivity index is 1.56. The van der Waals surface area contributed by atoms with E-state index < -0.39 is 12.1 Å². The highest BCUT2D eigenvalue weighted by molar-refractivity contribution is 5.73. The van der Waals surface area contributed by atoms with Crippen molar-refractivity contribution in [1.29, 1.82) is 0 Å². The number of carbonyl (C=O) groups is 1. The minimum atomic E-state index is -0.950. The van der Waals surface area contributed by atoms with Gasteiger partial charge in [-0.15, -0.1) is 0 Å². The number of hydrogen-bond donors (Lipinski definition) is 1. The lowest BCUT2D eigenvalue weighted by Gasteiger charge is -2.13. The molecule has 0 radical (unpaired) electrons. The molecular weight excluding hydrogens is 440 g/mol. The van der Waals surface area contributed by atoms with E-state index in [1.165, 1.54) is 5.56 Å². The molecule has 0 saturated carbocycles. The van der Waals surface area contributed by atoms with Crippen LogP contribution in [0.4, 0.5) is 0 Å². The van der Waals surface area contributed by atoms with E-state index in [1.807, 2.05) is 42.5 Å². The molecule has 5 nitrogen and oxygen atoms in total. The predicted octanol–water partition coefficient (Wildman–Crippen LogP) is 6.61. The average Bonchev–Trinajstić information content (AvgIpc) is 2.87. The van der Waals surface area contributed by atoms with Crippen LogP contribution >= 0.6 is 0 Å². The third-order valence-electron chi connectivity index (χ3n) is 5.76. The van der Waals surface area contributed by atoms with Crippen LogP contribution in [0.2, 0.25) is 0 Å². The number of aliphatic carboxylic acids is 1. The lowest BCUT2D eigenvalue weighted by molar-refractivity contribution is -0.149. The van der Waals surface area contributed by atoms with Crippen molar-refractivity contribution in [3.05, 3.63) is 89.5 Å². The highest BCUT2D eigenvalue weighted by Crippen LogP contribution is 2.33. The van der Waals surface area contributed by atoms with E-state index in [9.17, 15) is 9.90 Å². The number of methoxy groups -OCH3 is 1. The molecular formula is C30H34O5. The third kappa shape index (κ3) is 7.46. The number of rotatable bonds is 12. The average molecular weight is 475 g/mol. The fourth-order valence-electron chi connectivity index (χ4n) is 3.77. The molecule has 184 valence electrons. The van der Waals surface area contributed by atoms with Gasteiger partial charge in [-0.2, -0.15) is 0 Å². The Bertz CT molecular complexity index is 1110. The fourth-order valence-corrected chi connectivity index (χ4v) is 3.77.